The summed E-state index contributed by atoms with van der Waals surface area (Å²) in [5.74, 6) is 6.84. The molecule has 262 valence electrons. The summed E-state index contributed by atoms with van der Waals surface area (Å²) >= 11 is 0. The summed E-state index contributed by atoms with van der Waals surface area (Å²) in [6.07, 6.45) is 11.4. The van der Waals surface area contributed by atoms with Crippen molar-refractivity contribution in [1.29, 1.82) is 0 Å². The number of hydrogen-bond donors (Lipinski definition) is 1. The highest BCUT2D eigenvalue weighted by atomic mass is 28.4. The summed E-state index contributed by atoms with van der Waals surface area (Å²) in [5, 5.41) is 10.9. The highest BCUT2D eigenvalue weighted by molar-refractivity contribution is 6.74. The number of benzene rings is 1. The molecule has 0 aliphatic carbocycles. The first kappa shape index (κ1) is 40.9. The summed E-state index contributed by atoms with van der Waals surface area (Å²) < 4.78 is 26.7. The quantitative estimate of drug-likeness (QED) is 0.0728. The third-order valence-electron chi connectivity index (χ3n) is 10.1. The Morgan fingerprint density at radius 2 is 1.59 bits per heavy atom. The zero-order chi connectivity index (χ0) is 34.4. The summed E-state index contributed by atoms with van der Waals surface area (Å²) in [5.41, 5.74) is 1.21. The molecule has 0 spiro atoms. The normalized spacial score (nSPS) is 20.9. The van der Waals surface area contributed by atoms with Crippen LogP contribution >= 0.6 is 0 Å². The Morgan fingerprint density at radius 3 is 2.22 bits per heavy atom. The van der Waals surface area contributed by atoms with E-state index in [0.717, 1.165) is 58.0 Å². The molecule has 0 saturated carbocycles. The minimum absolute atomic E-state index is 0.0278. The molecule has 1 saturated heterocycles. The van der Waals surface area contributed by atoms with E-state index in [-0.39, 0.29) is 34.5 Å². The lowest BCUT2D eigenvalue weighted by atomic mass is 10.0. The minimum Gasteiger partial charge on any atom is -0.411 e. The van der Waals surface area contributed by atoms with Gasteiger partial charge in [-0.25, -0.2) is 0 Å². The van der Waals surface area contributed by atoms with Crippen LogP contribution in [-0.4, -0.2) is 58.9 Å². The average molecular weight is 673 g/mol. The molecule has 0 radical (unpaired) electrons. The molecule has 1 aliphatic heterocycles. The molecule has 1 aromatic carbocycles. The Kier molecular flexibility index (Phi) is 17.0. The molecule has 7 heteroatoms. The maximum absolute atomic E-state index is 10.7. The predicted octanol–water partition coefficient (Wildman–Crippen LogP) is 10.2. The van der Waals surface area contributed by atoms with E-state index in [2.05, 4.69) is 105 Å². The molecular formula is C39H68O5Si2. The van der Waals surface area contributed by atoms with Crippen LogP contribution in [-0.2, 0) is 24.9 Å². The summed E-state index contributed by atoms with van der Waals surface area (Å²) in [6.45, 7) is 26.5. The zero-order valence-corrected chi connectivity index (χ0v) is 33.3. The van der Waals surface area contributed by atoms with Crippen molar-refractivity contribution in [2.75, 3.05) is 6.61 Å². The van der Waals surface area contributed by atoms with Gasteiger partial charge in [0.15, 0.2) is 16.6 Å². The average Bonchev–Trinajstić information content (AvgIpc) is 3.35. The summed E-state index contributed by atoms with van der Waals surface area (Å²) in [6, 6.07) is 10.3. The molecule has 0 unspecified atom stereocenters. The van der Waals surface area contributed by atoms with Crippen molar-refractivity contribution in [2.45, 2.75) is 180 Å². The van der Waals surface area contributed by atoms with Crippen LogP contribution in [0, 0.1) is 11.8 Å². The van der Waals surface area contributed by atoms with Gasteiger partial charge in [0.25, 0.3) is 0 Å². The first-order valence-corrected chi connectivity index (χ1v) is 23.7. The van der Waals surface area contributed by atoms with Gasteiger partial charge < -0.3 is 23.4 Å². The molecular weight excluding hydrogens is 605 g/mol. The summed E-state index contributed by atoms with van der Waals surface area (Å²) in [4.78, 5) is 0. The lowest BCUT2D eigenvalue weighted by Crippen LogP contribution is -2.47. The fourth-order valence-corrected chi connectivity index (χ4v) is 7.58. The fourth-order valence-electron chi connectivity index (χ4n) is 4.96. The van der Waals surface area contributed by atoms with Crippen LogP contribution < -0.4 is 0 Å². The largest absolute Gasteiger partial charge is 0.411 e. The Balaban J connectivity index is 2.11. The first-order chi connectivity index (χ1) is 21.5. The third-order valence-corrected chi connectivity index (χ3v) is 19.1. The van der Waals surface area contributed by atoms with E-state index in [1.165, 1.54) is 5.56 Å². The minimum atomic E-state index is -2.11. The van der Waals surface area contributed by atoms with Crippen molar-refractivity contribution >= 4 is 16.6 Å². The Bertz CT molecular complexity index is 1080. The van der Waals surface area contributed by atoms with Crippen LogP contribution in [0.25, 0.3) is 0 Å². The number of rotatable bonds is 18. The topological polar surface area (TPSA) is 57.2 Å². The molecule has 1 fully saturated rings. The van der Waals surface area contributed by atoms with E-state index in [9.17, 15) is 5.11 Å². The first-order valence-electron chi connectivity index (χ1n) is 17.9. The molecule has 46 heavy (non-hydrogen) atoms. The molecule has 1 aliphatic rings. The van der Waals surface area contributed by atoms with E-state index in [1.54, 1.807) is 0 Å². The monoisotopic (exact) mass is 672 g/mol. The van der Waals surface area contributed by atoms with E-state index in [0.29, 0.717) is 13.0 Å². The van der Waals surface area contributed by atoms with E-state index >= 15 is 0 Å². The summed E-state index contributed by atoms with van der Waals surface area (Å²) in [7, 11) is -4.15. The molecule has 2 rings (SSSR count). The Morgan fingerprint density at radius 1 is 0.913 bits per heavy atom. The number of aliphatic hydroxyl groups is 1. The molecule has 5 atom stereocenters. The lowest BCUT2D eigenvalue weighted by Gasteiger charge is -2.40. The van der Waals surface area contributed by atoms with Gasteiger partial charge in [0.1, 0.15) is 0 Å². The number of aliphatic hydroxyl groups excluding tert-OH is 1. The number of unbranched alkanes of at least 4 members (excludes halogenated alkanes) is 4. The van der Waals surface area contributed by atoms with Crippen molar-refractivity contribution in [2.24, 2.45) is 0 Å². The Labute approximate surface area is 285 Å². The maximum atomic E-state index is 10.7. The van der Waals surface area contributed by atoms with Crippen LogP contribution in [0.2, 0.25) is 36.3 Å². The second-order valence-corrected chi connectivity index (χ2v) is 25.7. The molecule has 1 aromatic rings. The molecule has 5 nitrogen and oxygen atoms in total. The van der Waals surface area contributed by atoms with Crippen molar-refractivity contribution < 1.29 is 23.4 Å². The van der Waals surface area contributed by atoms with Crippen LogP contribution in [0.5, 0.6) is 0 Å². The maximum Gasteiger partial charge on any atom is 0.193 e. The standard InChI is InChI=1S/C39H68O5Si2/c1-12-13-18-25-33(40)27-28-35(43-45(8,9)38(2,3)4)36-30-37(44-46(10,11)39(5,6)7)34(42-36)26-21-15-14-16-22-29-41-31-32-23-19-17-20-24-32/h17,19-20,23-24,27-28,33-37,40H,12-14,16,18,22,25-26,29-31H2,1-11H3/b28-27+/t33-,34+,35-,36+,37+/m1/s1. The number of ether oxygens (including phenoxy) is 2. The van der Waals surface area contributed by atoms with Crippen LogP contribution in [0.1, 0.15) is 112 Å². The molecule has 1 heterocycles. The van der Waals surface area contributed by atoms with Crippen molar-refractivity contribution in [1.82, 2.24) is 0 Å². The van der Waals surface area contributed by atoms with Gasteiger partial charge in [0.05, 0.1) is 37.1 Å². The van der Waals surface area contributed by atoms with Gasteiger partial charge in [-0.15, -0.1) is 11.8 Å². The highest BCUT2D eigenvalue weighted by Crippen LogP contribution is 2.42. The van der Waals surface area contributed by atoms with Gasteiger partial charge in [-0.1, -0.05) is 110 Å². The smallest absolute Gasteiger partial charge is 0.193 e. The fraction of sp³-hybridized carbons (Fsp3) is 0.744. The van der Waals surface area contributed by atoms with Gasteiger partial charge in [-0.3, -0.25) is 0 Å². The molecule has 0 amide bonds. The third kappa shape index (κ3) is 14.1. The van der Waals surface area contributed by atoms with Gasteiger partial charge in [0, 0.05) is 25.9 Å². The van der Waals surface area contributed by atoms with Gasteiger partial charge >= 0.3 is 0 Å². The van der Waals surface area contributed by atoms with Crippen molar-refractivity contribution in [3.63, 3.8) is 0 Å². The van der Waals surface area contributed by atoms with E-state index in [4.69, 9.17) is 18.3 Å². The van der Waals surface area contributed by atoms with Crippen LogP contribution in [0.3, 0.4) is 0 Å². The molecule has 0 aromatic heterocycles. The molecule has 0 bridgehead atoms. The van der Waals surface area contributed by atoms with E-state index in [1.807, 2.05) is 24.3 Å². The SMILES string of the molecule is CCCCC[C@@H](O)/C=C/[C@@H](O[Si](C)(C)C(C)(C)C)[C@@H]1C[C@H](O[Si](C)(C)C(C)(C)C)[C@H](CC#CCCCCOCc2ccccc2)O1. The Hall–Kier alpha value is -1.25. The highest BCUT2D eigenvalue weighted by Gasteiger charge is 2.47. The van der Waals surface area contributed by atoms with Crippen molar-refractivity contribution in [3.05, 3.63) is 48.0 Å². The van der Waals surface area contributed by atoms with Crippen LogP contribution in [0.4, 0.5) is 0 Å². The zero-order valence-electron chi connectivity index (χ0n) is 31.3. The lowest BCUT2D eigenvalue weighted by molar-refractivity contribution is -0.0218. The predicted molar refractivity (Wildman–Crippen MR) is 199 cm³/mol. The number of hydrogen-bond acceptors (Lipinski definition) is 5. The second kappa shape index (κ2) is 19.1. The van der Waals surface area contributed by atoms with Gasteiger partial charge in [-0.05, 0) is 61.1 Å². The second-order valence-electron chi connectivity index (χ2n) is 16.2. The van der Waals surface area contributed by atoms with Crippen LogP contribution in [0.15, 0.2) is 42.5 Å². The van der Waals surface area contributed by atoms with Gasteiger partial charge in [0.2, 0.25) is 0 Å². The van der Waals surface area contributed by atoms with E-state index < -0.39 is 22.7 Å². The van der Waals surface area contributed by atoms with Crippen molar-refractivity contribution in [3.8, 4) is 11.8 Å². The van der Waals surface area contributed by atoms with Gasteiger partial charge in [-0.2, -0.15) is 0 Å². The molecule has 1 N–H and O–H groups in total.